The number of carbonyl (C=O) groups is 2. The van der Waals surface area contributed by atoms with Crippen LogP contribution in [0.4, 0.5) is 0 Å². The third-order valence-electron chi connectivity index (χ3n) is 4.50. The first-order valence-electron chi connectivity index (χ1n) is 10.5. The molecule has 0 saturated heterocycles. The van der Waals surface area contributed by atoms with Gasteiger partial charge in [0.1, 0.15) is 0 Å². The van der Waals surface area contributed by atoms with E-state index in [-0.39, 0.29) is 11.9 Å². The zero-order chi connectivity index (χ0) is 19.9. The van der Waals surface area contributed by atoms with Crippen LogP contribution in [0.1, 0.15) is 81.9 Å². The molecule has 0 bridgehead atoms. The molecule has 0 N–H and O–H groups in total. The van der Waals surface area contributed by atoms with Gasteiger partial charge in [0.15, 0.2) is 0 Å². The van der Waals surface area contributed by atoms with E-state index in [4.69, 9.17) is 9.47 Å². The largest absolute Gasteiger partial charge is 0.466 e. The molecule has 152 valence electrons. The van der Waals surface area contributed by atoms with Gasteiger partial charge in [-0.25, -0.2) is 0 Å². The minimum atomic E-state index is -0.0849. The Balaban J connectivity index is 2.26. The zero-order valence-electron chi connectivity index (χ0n) is 17.4. The standard InChI is InChI=1S/C23H36O4/c1-4-26-22(24)14-10-6-8-12-20-16-19(3)17-21(18-20)13-9-7-11-15-23(25)27-5-2/h16-18H,4-15H2,1-3H3. The summed E-state index contributed by atoms with van der Waals surface area (Å²) in [6.07, 6.45) is 9.27. The van der Waals surface area contributed by atoms with E-state index in [1.165, 1.54) is 16.7 Å². The third kappa shape index (κ3) is 11.5. The Bertz CT molecular complexity index is 519. The molecule has 4 nitrogen and oxygen atoms in total. The molecular weight excluding hydrogens is 340 g/mol. The van der Waals surface area contributed by atoms with Crippen LogP contribution < -0.4 is 0 Å². The lowest BCUT2D eigenvalue weighted by Gasteiger charge is -2.08. The van der Waals surface area contributed by atoms with Crippen molar-refractivity contribution in [2.45, 2.75) is 85.0 Å². The van der Waals surface area contributed by atoms with Crippen LogP contribution in [0.25, 0.3) is 0 Å². The molecule has 0 spiro atoms. The summed E-state index contributed by atoms with van der Waals surface area (Å²) in [6, 6.07) is 6.83. The van der Waals surface area contributed by atoms with Gasteiger partial charge in [0.2, 0.25) is 0 Å². The third-order valence-corrected chi connectivity index (χ3v) is 4.50. The molecule has 0 aliphatic heterocycles. The molecule has 1 aromatic rings. The molecule has 0 amide bonds. The summed E-state index contributed by atoms with van der Waals surface area (Å²) in [7, 11) is 0. The highest BCUT2D eigenvalue weighted by atomic mass is 16.5. The van der Waals surface area contributed by atoms with E-state index >= 15 is 0 Å². The van der Waals surface area contributed by atoms with Gasteiger partial charge in [-0.05, 0) is 70.4 Å². The molecule has 27 heavy (non-hydrogen) atoms. The number of esters is 2. The predicted molar refractivity (Wildman–Crippen MR) is 109 cm³/mol. The maximum absolute atomic E-state index is 11.3. The smallest absolute Gasteiger partial charge is 0.305 e. The fourth-order valence-electron chi connectivity index (χ4n) is 3.25. The zero-order valence-corrected chi connectivity index (χ0v) is 17.4. The van der Waals surface area contributed by atoms with Crippen LogP contribution >= 0.6 is 0 Å². The lowest BCUT2D eigenvalue weighted by atomic mass is 9.98. The predicted octanol–water partition coefficient (Wildman–Crippen LogP) is 5.33. The van der Waals surface area contributed by atoms with Gasteiger partial charge in [0, 0.05) is 12.8 Å². The molecule has 0 unspecified atom stereocenters. The molecule has 0 aliphatic rings. The molecule has 4 heteroatoms. The lowest BCUT2D eigenvalue weighted by Crippen LogP contribution is -2.03. The number of hydrogen-bond donors (Lipinski definition) is 0. The molecular formula is C23H36O4. The Morgan fingerprint density at radius 1 is 0.704 bits per heavy atom. The summed E-state index contributed by atoms with van der Waals surface area (Å²) in [4.78, 5) is 22.7. The van der Waals surface area contributed by atoms with Crippen LogP contribution in [0.3, 0.4) is 0 Å². The van der Waals surface area contributed by atoms with Crippen molar-refractivity contribution in [2.24, 2.45) is 0 Å². The number of unbranched alkanes of at least 4 members (excludes halogenated alkanes) is 4. The summed E-state index contributed by atoms with van der Waals surface area (Å²) in [5.74, 6) is -0.170. The summed E-state index contributed by atoms with van der Waals surface area (Å²) < 4.78 is 9.91. The number of ether oxygens (including phenoxy) is 2. The summed E-state index contributed by atoms with van der Waals surface area (Å²) in [6.45, 7) is 6.76. The fraction of sp³-hybridized carbons (Fsp3) is 0.652. The highest BCUT2D eigenvalue weighted by Crippen LogP contribution is 2.16. The minimum Gasteiger partial charge on any atom is -0.466 e. The Hall–Kier alpha value is -1.84. The quantitative estimate of drug-likeness (QED) is 0.325. The Morgan fingerprint density at radius 2 is 1.15 bits per heavy atom. The van der Waals surface area contributed by atoms with Crippen molar-refractivity contribution >= 4 is 11.9 Å². The van der Waals surface area contributed by atoms with Crippen LogP contribution in [0, 0.1) is 6.92 Å². The van der Waals surface area contributed by atoms with Crippen molar-refractivity contribution in [1.82, 2.24) is 0 Å². The first-order chi connectivity index (χ1) is 13.0. The van der Waals surface area contributed by atoms with Crippen LogP contribution in [0.2, 0.25) is 0 Å². The van der Waals surface area contributed by atoms with Crippen LogP contribution in [0.15, 0.2) is 18.2 Å². The van der Waals surface area contributed by atoms with Gasteiger partial charge in [-0.1, -0.05) is 36.6 Å². The van der Waals surface area contributed by atoms with E-state index in [2.05, 4.69) is 25.1 Å². The number of benzene rings is 1. The van der Waals surface area contributed by atoms with Gasteiger partial charge < -0.3 is 9.47 Å². The summed E-state index contributed by atoms with van der Waals surface area (Å²) >= 11 is 0. The van der Waals surface area contributed by atoms with E-state index in [0.29, 0.717) is 26.1 Å². The molecule has 1 rings (SSSR count). The molecule has 0 radical (unpaired) electrons. The van der Waals surface area contributed by atoms with Gasteiger partial charge in [0.05, 0.1) is 13.2 Å². The molecule has 1 aromatic carbocycles. The maximum Gasteiger partial charge on any atom is 0.305 e. The summed E-state index contributed by atoms with van der Waals surface area (Å²) in [5.41, 5.74) is 4.07. The van der Waals surface area contributed by atoms with Gasteiger partial charge >= 0.3 is 11.9 Å². The van der Waals surface area contributed by atoms with E-state index in [0.717, 1.165) is 51.4 Å². The van der Waals surface area contributed by atoms with E-state index < -0.39 is 0 Å². The number of rotatable bonds is 14. The van der Waals surface area contributed by atoms with Gasteiger partial charge in [0.25, 0.3) is 0 Å². The fourth-order valence-corrected chi connectivity index (χ4v) is 3.25. The normalized spacial score (nSPS) is 10.6. The van der Waals surface area contributed by atoms with Crippen molar-refractivity contribution in [3.05, 3.63) is 34.9 Å². The molecule has 0 atom stereocenters. The Morgan fingerprint density at radius 3 is 1.56 bits per heavy atom. The molecule has 0 aromatic heterocycles. The SMILES string of the molecule is CCOC(=O)CCCCCc1cc(C)cc(CCCCCC(=O)OCC)c1. The molecule has 0 saturated carbocycles. The topological polar surface area (TPSA) is 52.6 Å². The Kier molecular flexibility index (Phi) is 12.2. The summed E-state index contributed by atoms with van der Waals surface area (Å²) in [5, 5.41) is 0. The van der Waals surface area contributed by atoms with E-state index in [1.54, 1.807) is 0 Å². The monoisotopic (exact) mass is 376 g/mol. The Labute approximate surface area is 164 Å². The van der Waals surface area contributed by atoms with Crippen molar-refractivity contribution < 1.29 is 19.1 Å². The second-order valence-corrected chi connectivity index (χ2v) is 7.06. The molecule has 0 heterocycles. The average molecular weight is 377 g/mol. The highest BCUT2D eigenvalue weighted by molar-refractivity contribution is 5.69. The molecule has 0 aliphatic carbocycles. The van der Waals surface area contributed by atoms with Crippen LogP contribution in [-0.2, 0) is 31.9 Å². The van der Waals surface area contributed by atoms with Crippen molar-refractivity contribution in [2.75, 3.05) is 13.2 Å². The van der Waals surface area contributed by atoms with E-state index in [9.17, 15) is 9.59 Å². The van der Waals surface area contributed by atoms with Crippen molar-refractivity contribution in [3.8, 4) is 0 Å². The van der Waals surface area contributed by atoms with Gasteiger partial charge in [-0.15, -0.1) is 0 Å². The second kappa shape index (κ2) is 14.2. The van der Waals surface area contributed by atoms with Crippen LogP contribution in [-0.4, -0.2) is 25.2 Å². The highest BCUT2D eigenvalue weighted by Gasteiger charge is 2.04. The maximum atomic E-state index is 11.3. The number of carbonyl (C=O) groups excluding carboxylic acids is 2. The van der Waals surface area contributed by atoms with Crippen LogP contribution in [0.5, 0.6) is 0 Å². The number of hydrogen-bond acceptors (Lipinski definition) is 4. The van der Waals surface area contributed by atoms with Crippen molar-refractivity contribution in [1.29, 1.82) is 0 Å². The second-order valence-electron chi connectivity index (χ2n) is 7.06. The lowest BCUT2D eigenvalue weighted by molar-refractivity contribution is -0.144. The molecule has 0 fully saturated rings. The number of aryl methyl sites for hydroxylation is 3. The first-order valence-corrected chi connectivity index (χ1v) is 10.5. The van der Waals surface area contributed by atoms with E-state index in [1.807, 2.05) is 13.8 Å². The van der Waals surface area contributed by atoms with Gasteiger partial charge in [-0.3, -0.25) is 9.59 Å². The van der Waals surface area contributed by atoms with Gasteiger partial charge in [-0.2, -0.15) is 0 Å². The van der Waals surface area contributed by atoms with Crippen molar-refractivity contribution in [3.63, 3.8) is 0 Å². The first kappa shape index (κ1) is 23.2. The average Bonchev–Trinajstić information content (AvgIpc) is 2.61. The minimum absolute atomic E-state index is 0.0849.